The van der Waals surface area contributed by atoms with Crippen LogP contribution in [0.15, 0.2) is 0 Å². The van der Waals surface area contributed by atoms with Crippen molar-refractivity contribution < 1.29 is 14.3 Å². The molecule has 1 unspecified atom stereocenters. The predicted octanol–water partition coefficient (Wildman–Crippen LogP) is 5.96. The number of esters is 1. The second kappa shape index (κ2) is 10.3. The maximum atomic E-state index is 12.5. The molecule has 1 fully saturated rings. The maximum absolute atomic E-state index is 12.5. The molecule has 1 aliphatic rings. The van der Waals surface area contributed by atoms with Gasteiger partial charge in [-0.05, 0) is 32.1 Å². The first-order chi connectivity index (χ1) is 10.6. The Morgan fingerprint density at radius 3 is 1.91 bits per heavy atom. The van der Waals surface area contributed by atoms with Gasteiger partial charge in [0.05, 0.1) is 5.41 Å². The van der Waals surface area contributed by atoms with Gasteiger partial charge in [-0.3, -0.25) is 4.79 Å². The van der Waals surface area contributed by atoms with Crippen molar-refractivity contribution in [2.75, 3.05) is 6.61 Å². The molecule has 0 aromatic heterocycles. The summed E-state index contributed by atoms with van der Waals surface area (Å²) in [7, 11) is 0. The molecule has 138 valence electrons. The van der Waals surface area contributed by atoms with E-state index in [2.05, 4.69) is 34.6 Å². The van der Waals surface area contributed by atoms with Crippen LogP contribution in [0.1, 0.15) is 93.9 Å². The van der Waals surface area contributed by atoms with Crippen LogP contribution in [0.2, 0.25) is 0 Å². The van der Waals surface area contributed by atoms with Crippen LogP contribution in [0, 0.1) is 16.7 Å². The highest BCUT2D eigenvalue weighted by atomic mass is 16.7. The zero-order valence-electron chi connectivity index (χ0n) is 16.8. The first-order valence-corrected chi connectivity index (χ1v) is 9.42. The van der Waals surface area contributed by atoms with Gasteiger partial charge in [0.15, 0.2) is 0 Å². The van der Waals surface area contributed by atoms with Gasteiger partial charge in [-0.25, -0.2) is 0 Å². The largest absolute Gasteiger partial charge is 0.435 e. The Labute approximate surface area is 144 Å². The average molecular weight is 329 g/mol. The molecule has 3 heteroatoms. The summed E-state index contributed by atoms with van der Waals surface area (Å²) in [4.78, 5) is 12.5. The van der Waals surface area contributed by atoms with Crippen LogP contribution in [-0.2, 0) is 14.3 Å². The van der Waals surface area contributed by atoms with E-state index in [1.54, 1.807) is 0 Å². The highest BCUT2D eigenvalue weighted by Gasteiger charge is 2.42. The molecule has 23 heavy (non-hydrogen) atoms. The van der Waals surface area contributed by atoms with Crippen LogP contribution in [-0.4, -0.2) is 18.9 Å². The third-order valence-electron chi connectivity index (χ3n) is 4.98. The van der Waals surface area contributed by atoms with Crippen molar-refractivity contribution in [3.8, 4) is 0 Å². The molecular formula is C20H40O3. The van der Waals surface area contributed by atoms with Crippen molar-refractivity contribution in [3.63, 3.8) is 0 Å². The summed E-state index contributed by atoms with van der Waals surface area (Å²) in [5.74, 6) is 0.499. The lowest BCUT2D eigenvalue weighted by molar-refractivity contribution is -0.196. The number of hydrogen-bond acceptors (Lipinski definition) is 3. The van der Waals surface area contributed by atoms with Gasteiger partial charge in [0.2, 0.25) is 6.29 Å². The smallest absolute Gasteiger partial charge is 0.314 e. The molecule has 0 N–H and O–H groups in total. The molecule has 1 rings (SSSR count). The van der Waals surface area contributed by atoms with Crippen molar-refractivity contribution in [2.24, 2.45) is 16.7 Å². The molecule has 0 saturated heterocycles. The van der Waals surface area contributed by atoms with Crippen LogP contribution in [0.4, 0.5) is 0 Å². The van der Waals surface area contributed by atoms with E-state index in [0.29, 0.717) is 12.5 Å². The van der Waals surface area contributed by atoms with Crippen LogP contribution >= 0.6 is 0 Å². The Kier molecular flexibility index (Phi) is 10.1. The van der Waals surface area contributed by atoms with Crippen molar-refractivity contribution >= 4 is 5.97 Å². The molecule has 0 heterocycles. The third-order valence-corrected chi connectivity index (χ3v) is 4.98. The number of hydrogen-bond donors (Lipinski definition) is 0. The lowest BCUT2D eigenvalue weighted by atomic mass is 9.69. The van der Waals surface area contributed by atoms with Crippen molar-refractivity contribution in [1.29, 1.82) is 0 Å². The van der Waals surface area contributed by atoms with E-state index < -0.39 is 5.41 Å². The van der Waals surface area contributed by atoms with Crippen molar-refractivity contribution in [2.45, 2.75) is 100 Å². The molecule has 3 nitrogen and oxygen atoms in total. The van der Waals surface area contributed by atoms with Gasteiger partial charge in [-0.1, -0.05) is 66.7 Å². The first-order valence-electron chi connectivity index (χ1n) is 9.42. The molecule has 0 spiro atoms. The second-order valence-corrected chi connectivity index (χ2v) is 8.26. The van der Waals surface area contributed by atoms with Gasteiger partial charge in [0.25, 0.3) is 0 Å². The molecular weight excluding hydrogens is 288 g/mol. The van der Waals surface area contributed by atoms with E-state index in [1.807, 2.05) is 20.8 Å². The zero-order chi connectivity index (χ0) is 18.1. The molecule has 0 radical (unpaired) electrons. The maximum Gasteiger partial charge on any atom is 0.314 e. The Balaban J connectivity index is 0.00000149. The van der Waals surface area contributed by atoms with Gasteiger partial charge in [0.1, 0.15) is 0 Å². The summed E-state index contributed by atoms with van der Waals surface area (Å²) < 4.78 is 11.3. The topological polar surface area (TPSA) is 35.5 Å². The number of ether oxygens (including phenoxy) is 2. The first kappa shape index (κ1) is 22.4. The Hall–Kier alpha value is -0.570. The summed E-state index contributed by atoms with van der Waals surface area (Å²) in [6.07, 6.45) is 6.79. The minimum Gasteiger partial charge on any atom is -0.435 e. The molecule has 0 aromatic rings. The highest BCUT2D eigenvalue weighted by molar-refractivity contribution is 5.77. The van der Waals surface area contributed by atoms with Gasteiger partial charge in [0, 0.05) is 13.0 Å². The summed E-state index contributed by atoms with van der Waals surface area (Å²) in [6.45, 7) is 16.9. The molecule has 0 bridgehead atoms. The summed E-state index contributed by atoms with van der Waals surface area (Å²) in [5, 5.41) is 0. The Bertz CT molecular complexity index is 322. The zero-order valence-corrected chi connectivity index (χ0v) is 16.8. The number of carbonyl (C=O) groups excluding carboxylic acids is 1. The molecule has 1 saturated carbocycles. The van der Waals surface area contributed by atoms with Crippen molar-refractivity contribution in [1.82, 2.24) is 0 Å². The normalized spacial score (nSPS) is 17.4. The number of carbonyl (C=O) groups is 1. The van der Waals surface area contributed by atoms with Gasteiger partial charge in [-0.2, -0.15) is 0 Å². The molecule has 0 amide bonds. The fourth-order valence-corrected chi connectivity index (χ4v) is 2.43. The van der Waals surface area contributed by atoms with Crippen molar-refractivity contribution in [3.05, 3.63) is 0 Å². The minimum atomic E-state index is -0.516. The van der Waals surface area contributed by atoms with E-state index in [-0.39, 0.29) is 17.7 Å². The Morgan fingerprint density at radius 1 is 1.04 bits per heavy atom. The Morgan fingerprint density at radius 2 is 1.52 bits per heavy atom. The van der Waals surface area contributed by atoms with E-state index in [1.165, 1.54) is 32.1 Å². The van der Waals surface area contributed by atoms with Gasteiger partial charge >= 0.3 is 5.97 Å². The van der Waals surface area contributed by atoms with E-state index >= 15 is 0 Å². The van der Waals surface area contributed by atoms with Gasteiger partial charge in [-0.15, -0.1) is 0 Å². The molecule has 0 aliphatic heterocycles. The predicted molar refractivity (Wildman–Crippen MR) is 97.3 cm³/mol. The van der Waals surface area contributed by atoms with Crippen LogP contribution in [0.25, 0.3) is 0 Å². The third kappa shape index (κ3) is 7.69. The van der Waals surface area contributed by atoms with E-state index in [4.69, 9.17) is 9.47 Å². The SMILES string of the molecule is CCC.CCOC(CC1CCCC1)OC(=O)C(C)(C)C(C)(C)C. The fraction of sp³-hybridized carbons (Fsp3) is 0.950. The monoisotopic (exact) mass is 328 g/mol. The quantitative estimate of drug-likeness (QED) is 0.445. The summed E-state index contributed by atoms with van der Waals surface area (Å²) in [6, 6.07) is 0. The van der Waals surface area contributed by atoms with Crippen LogP contribution < -0.4 is 0 Å². The highest BCUT2D eigenvalue weighted by Crippen LogP contribution is 2.39. The number of rotatable bonds is 6. The lowest BCUT2D eigenvalue weighted by Gasteiger charge is -2.37. The standard InChI is InChI=1S/C17H32O3.C3H8/c1-7-19-14(12-13-10-8-9-11-13)20-15(18)17(5,6)16(2,3)4;1-3-2/h13-14H,7-12H2,1-6H3;3H2,1-2H3. The summed E-state index contributed by atoms with van der Waals surface area (Å²) >= 11 is 0. The van der Waals surface area contributed by atoms with E-state index in [0.717, 1.165) is 6.42 Å². The molecule has 0 aromatic carbocycles. The van der Waals surface area contributed by atoms with E-state index in [9.17, 15) is 4.79 Å². The fourth-order valence-electron chi connectivity index (χ4n) is 2.43. The molecule has 1 aliphatic carbocycles. The van der Waals surface area contributed by atoms with Crippen LogP contribution in [0.3, 0.4) is 0 Å². The average Bonchev–Trinajstić information content (AvgIpc) is 2.91. The van der Waals surface area contributed by atoms with Crippen LogP contribution in [0.5, 0.6) is 0 Å². The summed E-state index contributed by atoms with van der Waals surface area (Å²) in [5.41, 5.74) is -0.647. The minimum absolute atomic E-state index is 0.131. The molecule has 1 atom stereocenters. The second-order valence-electron chi connectivity index (χ2n) is 8.26. The lowest BCUT2D eigenvalue weighted by Crippen LogP contribution is -2.41. The van der Waals surface area contributed by atoms with Gasteiger partial charge < -0.3 is 9.47 Å².